The zero-order chi connectivity index (χ0) is 11.9. The van der Waals surface area contributed by atoms with E-state index in [1.807, 2.05) is 0 Å². The number of hydrogen-bond donors (Lipinski definition) is 2. The lowest BCUT2D eigenvalue weighted by Gasteiger charge is -2.37. The zero-order valence-corrected chi connectivity index (χ0v) is 11.5. The standard InChI is InChI=1S/C15H28N2/c1-15(2)10-14(15)17-13-7-4-3-6-11(13)12-8-5-9-16-12/h11-14,16-17H,3-10H2,1-2H3. The molecule has 2 saturated carbocycles. The van der Waals surface area contributed by atoms with Crippen molar-refractivity contribution in [2.75, 3.05) is 6.54 Å². The average molecular weight is 236 g/mol. The Morgan fingerprint density at radius 3 is 2.47 bits per heavy atom. The molecular formula is C15H28N2. The van der Waals surface area contributed by atoms with Crippen LogP contribution in [-0.2, 0) is 0 Å². The van der Waals surface area contributed by atoms with E-state index in [1.165, 1.54) is 51.5 Å². The van der Waals surface area contributed by atoms with Gasteiger partial charge in [-0.15, -0.1) is 0 Å². The van der Waals surface area contributed by atoms with Crippen LogP contribution in [0.1, 0.15) is 58.8 Å². The molecule has 2 heteroatoms. The predicted octanol–water partition coefficient (Wildman–Crippen LogP) is 2.69. The molecule has 0 aromatic heterocycles. The minimum atomic E-state index is 0.575. The largest absolute Gasteiger partial charge is 0.314 e. The maximum Gasteiger partial charge on any atom is 0.0127 e. The van der Waals surface area contributed by atoms with E-state index in [-0.39, 0.29) is 0 Å². The summed E-state index contributed by atoms with van der Waals surface area (Å²) in [5.41, 5.74) is 0.575. The van der Waals surface area contributed by atoms with Gasteiger partial charge < -0.3 is 10.6 Å². The van der Waals surface area contributed by atoms with Crippen molar-refractivity contribution in [3.05, 3.63) is 0 Å². The SMILES string of the molecule is CC1(C)CC1NC1CCCCC1C1CCCN1. The lowest BCUT2D eigenvalue weighted by Crippen LogP contribution is -2.48. The molecule has 2 nitrogen and oxygen atoms in total. The van der Waals surface area contributed by atoms with Gasteiger partial charge in [0.15, 0.2) is 0 Å². The molecule has 0 spiro atoms. The summed E-state index contributed by atoms with van der Waals surface area (Å²) in [6, 6.07) is 2.41. The molecule has 0 radical (unpaired) electrons. The molecule has 0 amide bonds. The molecule has 1 heterocycles. The molecule has 0 bridgehead atoms. The highest BCUT2D eigenvalue weighted by Gasteiger charge is 2.47. The Kier molecular flexibility index (Phi) is 3.20. The smallest absolute Gasteiger partial charge is 0.0127 e. The topological polar surface area (TPSA) is 24.1 Å². The molecule has 1 saturated heterocycles. The Bertz CT molecular complexity index is 268. The van der Waals surface area contributed by atoms with Gasteiger partial charge in [-0.3, -0.25) is 0 Å². The molecule has 4 unspecified atom stereocenters. The highest BCUT2D eigenvalue weighted by atomic mass is 15.1. The molecule has 0 aromatic rings. The Hall–Kier alpha value is -0.0800. The number of nitrogens with one attached hydrogen (secondary N) is 2. The van der Waals surface area contributed by atoms with Gasteiger partial charge in [-0.2, -0.15) is 0 Å². The van der Waals surface area contributed by atoms with Crippen molar-refractivity contribution in [1.29, 1.82) is 0 Å². The third kappa shape index (κ3) is 2.53. The van der Waals surface area contributed by atoms with Crippen LogP contribution in [-0.4, -0.2) is 24.7 Å². The van der Waals surface area contributed by atoms with Crippen molar-refractivity contribution in [2.24, 2.45) is 11.3 Å². The van der Waals surface area contributed by atoms with Crippen LogP contribution in [0.4, 0.5) is 0 Å². The molecule has 3 aliphatic rings. The Balaban J connectivity index is 1.59. The third-order valence-electron chi connectivity index (χ3n) is 5.36. The first-order chi connectivity index (χ1) is 8.17. The molecule has 0 aromatic carbocycles. The van der Waals surface area contributed by atoms with Crippen LogP contribution < -0.4 is 10.6 Å². The highest BCUT2D eigenvalue weighted by molar-refractivity contribution is 5.04. The second kappa shape index (κ2) is 4.55. The molecule has 17 heavy (non-hydrogen) atoms. The fourth-order valence-electron chi connectivity index (χ4n) is 3.94. The van der Waals surface area contributed by atoms with Crippen molar-refractivity contribution in [2.45, 2.75) is 76.9 Å². The van der Waals surface area contributed by atoms with Crippen molar-refractivity contribution in [3.8, 4) is 0 Å². The summed E-state index contributed by atoms with van der Waals surface area (Å²) in [6.07, 6.45) is 9.94. The van der Waals surface area contributed by atoms with Crippen molar-refractivity contribution in [1.82, 2.24) is 10.6 Å². The number of hydrogen-bond acceptors (Lipinski definition) is 2. The van der Waals surface area contributed by atoms with Crippen LogP contribution in [0.2, 0.25) is 0 Å². The second-order valence-corrected chi connectivity index (χ2v) is 7.17. The van der Waals surface area contributed by atoms with E-state index in [9.17, 15) is 0 Å². The first-order valence-electron chi connectivity index (χ1n) is 7.66. The van der Waals surface area contributed by atoms with Gasteiger partial charge in [-0.25, -0.2) is 0 Å². The van der Waals surface area contributed by atoms with Gasteiger partial charge in [0.1, 0.15) is 0 Å². The Morgan fingerprint density at radius 2 is 1.82 bits per heavy atom. The summed E-state index contributed by atoms with van der Waals surface area (Å²) >= 11 is 0. The van der Waals surface area contributed by atoms with E-state index < -0.39 is 0 Å². The molecule has 1 aliphatic heterocycles. The second-order valence-electron chi connectivity index (χ2n) is 7.17. The maximum absolute atomic E-state index is 3.97. The lowest BCUT2D eigenvalue weighted by molar-refractivity contribution is 0.209. The summed E-state index contributed by atoms with van der Waals surface area (Å²) in [4.78, 5) is 0. The fraction of sp³-hybridized carbons (Fsp3) is 1.00. The maximum atomic E-state index is 3.97. The molecule has 98 valence electrons. The molecule has 2 aliphatic carbocycles. The van der Waals surface area contributed by atoms with Crippen LogP contribution in [0.25, 0.3) is 0 Å². The van der Waals surface area contributed by atoms with Crippen molar-refractivity contribution < 1.29 is 0 Å². The van der Waals surface area contributed by atoms with Gasteiger partial charge in [0.25, 0.3) is 0 Å². The van der Waals surface area contributed by atoms with Crippen molar-refractivity contribution >= 4 is 0 Å². The molecule has 2 N–H and O–H groups in total. The van der Waals surface area contributed by atoms with Gasteiger partial charge in [0.2, 0.25) is 0 Å². The fourth-order valence-corrected chi connectivity index (χ4v) is 3.94. The van der Waals surface area contributed by atoms with Gasteiger partial charge in [0, 0.05) is 18.1 Å². The summed E-state index contributed by atoms with van der Waals surface area (Å²) in [5, 5.41) is 7.70. The first-order valence-corrected chi connectivity index (χ1v) is 7.66. The minimum Gasteiger partial charge on any atom is -0.314 e. The quantitative estimate of drug-likeness (QED) is 0.787. The molecular weight excluding hydrogens is 208 g/mol. The van der Waals surface area contributed by atoms with Crippen LogP contribution >= 0.6 is 0 Å². The lowest BCUT2D eigenvalue weighted by atomic mass is 9.79. The van der Waals surface area contributed by atoms with E-state index in [4.69, 9.17) is 0 Å². The number of rotatable bonds is 3. The Labute approximate surface area is 106 Å². The zero-order valence-electron chi connectivity index (χ0n) is 11.5. The molecule has 3 fully saturated rings. The average Bonchev–Trinajstić information content (AvgIpc) is 2.75. The van der Waals surface area contributed by atoms with Crippen LogP contribution in [0.3, 0.4) is 0 Å². The first kappa shape index (κ1) is 12.0. The van der Waals surface area contributed by atoms with E-state index in [2.05, 4.69) is 24.5 Å². The van der Waals surface area contributed by atoms with Gasteiger partial charge in [0.05, 0.1) is 0 Å². The normalized spacial score (nSPS) is 44.8. The summed E-state index contributed by atoms with van der Waals surface area (Å²) < 4.78 is 0. The van der Waals surface area contributed by atoms with E-state index in [0.717, 1.165) is 24.0 Å². The summed E-state index contributed by atoms with van der Waals surface area (Å²) in [6.45, 7) is 6.05. The summed E-state index contributed by atoms with van der Waals surface area (Å²) in [5.74, 6) is 0.905. The summed E-state index contributed by atoms with van der Waals surface area (Å²) in [7, 11) is 0. The van der Waals surface area contributed by atoms with Crippen LogP contribution in [0.5, 0.6) is 0 Å². The van der Waals surface area contributed by atoms with Gasteiger partial charge >= 0.3 is 0 Å². The van der Waals surface area contributed by atoms with E-state index >= 15 is 0 Å². The molecule has 4 atom stereocenters. The van der Waals surface area contributed by atoms with Crippen LogP contribution in [0.15, 0.2) is 0 Å². The van der Waals surface area contributed by atoms with Crippen molar-refractivity contribution in [3.63, 3.8) is 0 Å². The van der Waals surface area contributed by atoms with Gasteiger partial charge in [-0.1, -0.05) is 26.7 Å². The van der Waals surface area contributed by atoms with E-state index in [1.54, 1.807) is 0 Å². The highest BCUT2D eigenvalue weighted by Crippen LogP contribution is 2.46. The predicted molar refractivity (Wildman–Crippen MR) is 72.1 cm³/mol. The molecule has 3 rings (SSSR count). The minimum absolute atomic E-state index is 0.575. The Morgan fingerprint density at radius 1 is 1.06 bits per heavy atom. The van der Waals surface area contributed by atoms with Gasteiger partial charge in [-0.05, 0) is 50.0 Å². The monoisotopic (exact) mass is 236 g/mol. The van der Waals surface area contributed by atoms with Crippen LogP contribution in [0, 0.1) is 11.3 Å². The third-order valence-corrected chi connectivity index (χ3v) is 5.36. The van der Waals surface area contributed by atoms with E-state index in [0.29, 0.717) is 5.41 Å².